The van der Waals surface area contributed by atoms with Gasteiger partial charge in [-0.15, -0.1) is 0 Å². The van der Waals surface area contributed by atoms with Crippen molar-refractivity contribution in [2.75, 3.05) is 13.1 Å². The minimum absolute atomic E-state index is 0.0641. The summed E-state index contributed by atoms with van der Waals surface area (Å²) in [6, 6.07) is 14.1. The van der Waals surface area contributed by atoms with Crippen LogP contribution < -0.4 is 5.32 Å². The Balaban J connectivity index is 1.33. The smallest absolute Gasteiger partial charge is 0.228 e. The lowest BCUT2D eigenvalue weighted by Gasteiger charge is -2.39. The molecule has 0 saturated carbocycles. The summed E-state index contributed by atoms with van der Waals surface area (Å²) in [5.41, 5.74) is 2.13. The molecular formula is C22H27N3O2. The van der Waals surface area contributed by atoms with Gasteiger partial charge < -0.3 is 14.8 Å². The van der Waals surface area contributed by atoms with E-state index in [4.69, 9.17) is 0 Å². The maximum atomic E-state index is 12.6. The highest BCUT2D eigenvalue weighted by Crippen LogP contribution is 2.39. The first-order chi connectivity index (χ1) is 13.1. The van der Waals surface area contributed by atoms with E-state index in [1.54, 1.807) is 0 Å². The number of aromatic nitrogens is 1. The van der Waals surface area contributed by atoms with Gasteiger partial charge in [0.2, 0.25) is 11.8 Å². The Morgan fingerprint density at radius 1 is 1.15 bits per heavy atom. The van der Waals surface area contributed by atoms with Crippen molar-refractivity contribution in [2.45, 2.75) is 43.6 Å². The average molecular weight is 365 g/mol. The van der Waals surface area contributed by atoms with Gasteiger partial charge in [0.15, 0.2) is 0 Å². The minimum atomic E-state index is -0.146. The Kier molecular flexibility index (Phi) is 4.77. The summed E-state index contributed by atoms with van der Waals surface area (Å²) < 4.78 is 2.07. The third-order valence-electron chi connectivity index (χ3n) is 6.22. The van der Waals surface area contributed by atoms with Gasteiger partial charge in [0.1, 0.15) is 0 Å². The molecule has 2 aromatic rings. The molecule has 1 aromatic heterocycles. The zero-order chi connectivity index (χ0) is 18.9. The molecule has 0 aliphatic carbocycles. The zero-order valence-corrected chi connectivity index (χ0v) is 15.9. The predicted molar refractivity (Wildman–Crippen MR) is 104 cm³/mol. The maximum absolute atomic E-state index is 12.6. The van der Waals surface area contributed by atoms with Gasteiger partial charge in [0, 0.05) is 44.0 Å². The van der Waals surface area contributed by atoms with Crippen molar-refractivity contribution in [3.05, 3.63) is 59.9 Å². The molecule has 0 bridgehead atoms. The van der Waals surface area contributed by atoms with Crippen LogP contribution in [0.2, 0.25) is 0 Å². The summed E-state index contributed by atoms with van der Waals surface area (Å²) in [7, 11) is 2.01. The van der Waals surface area contributed by atoms with Gasteiger partial charge in [-0.3, -0.25) is 9.59 Å². The van der Waals surface area contributed by atoms with Gasteiger partial charge in [-0.2, -0.15) is 0 Å². The summed E-state index contributed by atoms with van der Waals surface area (Å²) in [4.78, 5) is 27.1. The van der Waals surface area contributed by atoms with E-state index in [1.807, 2.05) is 54.5 Å². The molecule has 5 heteroatoms. The largest absolute Gasteiger partial charge is 0.354 e. The normalized spacial score (nSPS) is 21.4. The number of carbonyl (C=O) groups is 2. The van der Waals surface area contributed by atoms with Gasteiger partial charge >= 0.3 is 0 Å². The van der Waals surface area contributed by atoms with Crippen molar-refractivity contribution < 1.29 is 9.59 Å². The molecule has 5 nitrogen and oxygen atoms in total. The molecular weight excluding hydrogens is 338 g/mol. The number of nitrogens with one attached hydrogen (secondary N) is 1. The maximum Gasteiger partial charge on any atom is 0.228 e. The van der Waals surface area contributed by atoms with Crippen molar-refractivity contribution in [3.63, 3.8) is 0 Å². The Morgan fingerprint density at radius 3 is 2.56 bits per heavy atom. The van der Waals surface area contributed by atoms with Crippen molar-refractivity contribution >= 4 is 11.8 Å². The third kappa shape index (κ3) is 3.64. The molecule has 2 fully saturated rings. The lowest BCUT2D eigenvalue weighted by Crippen LogP contribution is -2.52. The monoisotopic (exact) mass is 365 g/mol. The van der Waals surface area contributed by atoms with Crippen LogP contribution in [0.5, 0.6) is 0 Å². The number of rotatable bonds is 4. The van der Waals surface area contributed by atoms with Crippen LogP contribution in [0, 0.1) is 0 Å². The van der Waals surface area contributed by atoms with Crippen LogP contribution in [-0.2, 0) is 23.1 Å². The first-order valence-electron chi connectivity index (χ1n) is 9.81. The van der Waals surface area contributed by atoms with Gasteiger partial charge in [-0.05, 0) is 43.4 Å². The molecule has 27 heavy (non-hydrogen) atoms. The Labute approximate surface area is 160 Å². The summed E-state index contributed by atoms with van der Waals surface area (Å²) in [5, 5.41) is 3.26. The first kappa shape index (κ1) is 17.8. The van der Waals surface area contributed by atoms with Gasteiger partial charge in [0.25, 0.3) is 0 Å². The lowest BCUT2D eigenvalue weighted by atomic mass is 9.82. The van der Waals surface area contributed by atoms with E-state index in [1.165, 1.54) is 5.69 Å². The number of hydrogen-bond acceptors (Lipinski definition) is 2. The number of hydrogen-bond donors (Lipinski definition) is 1. The van der Waals surface area contributed by atoms with E-state index < -0.39 is 0 Å². The van der Waals surface area contributed by atoms with Crippen LogP contribution in [0.3, 0.4) is 0 Å². The molecule has 2 saturated heterocycles. The van der Waals surface area contributed by atoms with Gasteiger partial charge in [-0.25, -0.2) is 0 Å². The molecule has 3 heterocycles. The number of amides is 2. The van der Waals surface area contributed by atoms with E-state index in [0.29, 0.717) is 6.42 Å². The molecule has 142 valence electrons. The molecule has 0 unspecified atom stereocenters. The number of piperidine rings is 1. The molecule has 4 rings (SSSR count). The summed E-state index contributed by atoms with van der Waals surface area (Å²) >= 11 is 0. The van der Waals surface area contributed by atoms with Crippen molar-refractivity contribution in [1.82, 2.24) is 14.8 Å². The topological polar surface area (TPSA) is 54.3 Å². The highest BCUT2D eigenvalue weighted by atomic mass is 16.2. The number of nitrogens with zero attached hydrogens (tertiary/aromatic N) is 2. The molecule has 1 atom stereocenters. The molecule has 0 radical (unpaired) electrons. The van der Waals surface area contributed by atoms with Crippen LogP contribution in [0.15, 0.2) is 48.7 Å². The van der Waals surface area contributed by atoms with Crippen LogP contribution >= 0.6 is 0 Å². The Bertz CT molecular complexity index is 819. The number of likely N-dealkylation sites (tertiary alicyclic amines) is 1. The van der Waals surface area contributed by atoms with E-state index >= 15 is 0 Å². The Morgan fingerprint density at radius 2 is 1.89 bits per heavy atom. The highest BCUT2D eigenvalue weighted by molar-refractivity contribution is 5.87. The minimum Gasteiger partial charge on any atom is -0.354 e. The second-order valence-electron chi connectivity index (χ2n) is 7.93. The van der Waals surface area contributed by atoms with Gasteiger partial charge in [-0.1, -0.05) is 30.3 Å². The standard InChI is InChI=1S/C22H27N3O2/c1-24-13-5-8-18(24)9-10-20(26)25-14-11-22(12-15-25)16-19(21(27)23-22)17-6-3-2-4-7-17/h2-8,13,19H,9-12,14-16H2,1H3,(H,23,27)/t19-/m1/s1. The Hall–Kier alpha value is -2.56. The fourth-order valence-corrected chi connectivity index (χ4v) is 4.50. The number of carbonyl (C=O) groups excluding carboxylic acids is 2. The van der Waals surface area contributed by atoms with Crippen LogP contribution in [0.1, 0.15) is 42.9 Å². The van der Waals surface area contributed by atoms with E-state index in [2.05, 4.69) is 16.0 Å². The second-order valence-corrected chi connectivity index (χ2v) is 7.93. The molecule has 1 N–H and O–H groups in total. The summed E-state index contributed by atoms with van der Waals surface area (Å²) in [6.07, 6.45) is 5.86. The average Bonchev–Trinajstić information content (AvgIpc) is 3.24. The first-order valence-corrected chi connectivity index (χ1v) is 9.81. The fraction of sp³-hybridized carbons (Fsp3) is 0.455. The van der Waals surface area contributed by atoms with Crippen LogP contribution in [0.4, 0.5) is 0 Å². The summed E-state index contributed by atoms with van der Waals surface area (Å²) in [6.45, 7) is 1.46. The molecule has 2 aliphatic heterocycles. The van der Waals surface area contributed by atoms with E-state index in [9.17, 15) is 9.59 Å². The lowest BCUT2D eigenvalue weighted by molar-refractivity contribution is -0.132. The quantitative estimate of drug-likeness (QED) is 0.906. The van der Waals surface area contributed by atoms with Crippen molar-refractivity contribution in [1.29, 1.82) is 0 Å². The number of aryl methyl sites for hydroxylation is 2. The molecule has 2 aliphatic rings. The molecule has 2 amide bonds. The third-order valence-corrected chi connectivity index (χ3v) is 6.22. The summed E-state index contributed by atoms with van der Waals surface area (Å²) in [5.74, 6) is 0.283. The van der Waals surface area contributed by atoms with E-state index in [-0.39, 0.29) is 23.3 Å². The van der Waals surface area contributed by atoms with Crippen LogP contribution in [-0.4, -0.2) is 39.9 Å². The van der Waals surface area contributed by atoms with Crippen molar-refractivity contribution in [3.8, 4) is 0 Å². The number of benzene rings is 1. The predicted octanol–water partition coefficient (Wildman–Crippen LogP) is 2.62. The van der Waals surface area contributed by atoms with E-state index in [0.717, 1.165) is 44.3 Å². The fourth-order valence-electron chi connectivity index (χ4n) is 4.50. The second kappa shape index (κ2) is 7.22. The zero-order valence-electron chi connectivity index (χ0n) is 15.9. The highest BCUT2D eigenvalue weighted by Gasteiger charge is 2.46. The molecule has 1 spiro atoms. The van der Waals surface area contributed by atoms with Crippen molar-refractivity contribution in [2.24, 2.45) is 7.05 Å². The van der Waals surface area contributed by atoms with Gasteiger partial charge in [0.05, 0.1) is 5.92 Å². The molecule has 1 aromatic carbocycles. The SMILES string of the molecule is Cn1cccc1CCC(=O)N1CCC2(CC1)C[C@H](c1ccccc1)C(=O)N2. The van der Waals surface area contributed by atoms with Crippen LogP contribution in [0.25, 0.3) is 0 Å².